The molecule has 2 aliphatic carbocycles. The van der Waals surface area contributed by atoms with Gasteiger partial charge in [0.1, 0.15) is 0 Å². The normalized spacial score (nSPS) is 22.2. The van der Waals surface area contributed by atoms with Crippen LogP contribution in [0, 0.1) is 11.8 Å². The van der Waals surface area contributed by atoms with Crippen molar-refractivity contribution < 1.29 is 9.47 Å². The zero-order chi connectivity index (χ0) is 12.7. The molecule has 3 nitrogen and oxygen atoms in total. The lowest BCUT2D eigenvalue weighted by Crippen LogP contribution is -2.24. The van der Waals surface area contributed by atoms with Crippen molar-refractivity contribution in [3.05, 3.63) is 18.2 Å². The maximum Gasteiger partial charge on any atom is 0.163 e. The minimum atomic E-state index is 0.685. The Hall–Kier alpha value is -1.38. The van der Waals surface area contributed by atoms with Crippen LogP contribution >= 0.6 is 0 Å². The van der Waals surface area contributed by atoms with Gasteiger partial charge in [0, 0.05) is 24.2 Å². The lowest BCUT2D eigenvalue weighted by molar-refractivity contribution is 0.297. The Morgan fingerprint density at radius 3 is 2.32 bits per heavy atom. The molecular weight excluding hydrogens is 238 g/mol. The quantitative estimate of drug-likeness (QED) is 0.898. The van der Waals surface area contributed by atoms with Gasteiger partial charge in [0.15, 0.2) is 11.5 Å². The van der Waals surface area contributed by atoms with Crippen LogP contribution in [-0.4, -0.2) is 19.3 Å². The number of ether oxygens (including phenoxy) is 2. The summed E-state index contributed by atoms with van der Waals surface area (Å²) < 4.78 is 11.4. The molecule has 0 spiro atoms. The second-order valence-electron chi connectivity index (χ2n) is 6.06. The van der Waals surface area contributed by atoms with Gasteiger partial charge in [-0.05, 0) is 49.7 Å². The van der Waals surface area contributed by atoms with Crippen molar-refractivity contribution >= 4 is 5.69 Å². The third-order valence-corrected chi connectivity index (χ3v) is 4.34. The standard InChI is InChI=1S/C16H21NO2/c1-8-18-14-7-6-13(10-15(14)19-9-1)17-16(11-2-3-11)12-4-5-12/h6-7,10-12,16-17H,1-5,8-9H2. The second-order valence-corrected chi connectivity index (χ2v) is 6.06. The Bertz CT molecular complexity index is 454. The van der Waals surface area contributed by atoms with Crippen LogP contribution in [0.4, 0.5) is 5.69 Å². The number of hydrogen-bond donors (Lipinski definition) is 1. The zero-order valence-corrected chi connectivity index (χ0v) is 11.2. The molecule has 0 atom stereocenters. The average Bonchev–Trinajstić information content (AvgIpc) is 3.32. The fraction of sp³-hybridized carbons (Fsp3) is 0.625. The van der Waals surface area contributed by atoms with Gasteiger partial charge < -0.3 is 14.8 Å². The molecule has 1 N–H and O–H groups in total. The van der Waals surface area contributed by atoms with Gasteiger partial charge in [0.25, 0.3) is 0 Å². The molecule has 0 bridgehead atoms. The molecule has 1 aromatic rings. The van der Waals surface area contributed by atoms with Crippen LogP contribution in [0.25, 0.3) is 0 Å². The van der Waals surface area contributed by atoms with Crippen molar-refractivity contribution in [1.82, 2.24) is 0 Å². The molecule has 19 heavy (non-hydrogen) atoms. The topological polar surface area (TPSA) is 30.5 Å². The lowest BCUT2D eigenvalue weighted by Gasteiger charge is -2.20. The summed E-state index contributed by atoms with van der Waals surface area (Å²) in [6.07, 6.45) is 6.57. The molecule has 2 saturated carbocycles. The molecule has 4 rings (SSSR count). The van der Waals surface area contributed by atoms with Gasteiger partial charge in [-0.3, -0.25) is 0 Å². The highest BCUT2D eigenvalue weighted by Crippen LogP contribution is 2.46. The maximum atomic E-state index is 5.76. The predicted octanol–water partition coefficient (Wildman–Crippen LogP) is 3.45. The van der Waals surface area contributed by atoms with Crippen LogP contribution in [0.3, 0.4) is 0 Å². The van der Waals surface area contributed by atoms with Crippen LogP contribution in [0.1, 0.15) is 32.1 Å². The SMILES string of the molecule is c1cc2c(cc1NC(C1CC1)C1CC1)OCCCO2. The molecule has 1 heterocycles. The van der Waals surface area contributed by atoms with E-state index in [1.165, 1.54) is 31.4 Å². The Morgan fingerprint density at radius 2 is 1.63 bits per heavy atom. The summed E-state index contributed by atoms with van der Waals surface area (Å²) in [5.74, 6) is 3.59. The van der Waals surface area contributed by atoms with Gasteiger partial charge in [0.2, 0.25) is 0 Å². The summed E-state index contributed by atoms with van der Waals surface area (Å²) in [6.45, 7) is 1.51. The number of nitrogens with one attached hydrogen (secondary N) is 1. The first-order valence-electron chi connectivity index (χ1n) is 7.56. The molecule has 1 aliphatic heterocycles. The minimum Gasteiger partial charge on any atom is -0.490 e. The van der Waals surface area contributed by atoms with Gasteiger partial charge in [-0.25, -0.2) is 0 Å². The first-order chi connectivity index (χ1) is 9.40. The highest BCUT2D eigenvalue weighted by molar-refractivity contribution is 5.55. The first-order valence-corrected chi connectivity index (χ1v) is 7.56. The van der Waals surface area contributed by atoms with E-state index >= 15 is 0 Å². The third kappa shape index (κ3) is 2.51. The maximum absolute atomic E-state index is 5.76. The van der Waals surface area contributed by atoms with Gasteiger partial charge in [-0.1, -0.05) is 0 Å². The summed E-state index contributed by atoms with van der Waals surface area (Å²) in [6, 6.07) is 6.97. The van der Waals surface area contributed by atoms with Crippen molar-refractivity contribution in [2.45, 2.75) is 38.1 Å². The fourth-order valence-corrected chi connectivity index (χ4v) is 2.98. The van der Waals surface area contributed by atoms with E-state index < -0.39 is 0 Å². The number of rotatable bonds is 4. The van der Waals surface area contributed by atoms with Gasteiger partial charge in [0.05, 0.1) is 13.2 Å². The fourth-order valence-electron chi connectivity index (χ4n) is 2.98. The Labute approximate surface area is 114 Å². The average molecular weight is 259 g/mol. The van der Waals surface area contributed by atoms with Gasteiger partial charge in [-0.2, -0.15) is 0 Å². The minimum absolute atomic E-state index is 0.685. The molecular formula is C16H21NO2. The molecule has 0 radical (unpaired) electrons. The molecule has 102 valence electrons. The number of anilines is 1. The van der Waals surface area contributed by atoms with E-state index in [0.717, 1.165) is 43.0 Å². The van der Waals surface area contributed by atoms with E-state index in [0.29, 0.717) is 6.04 Å². The molecule has 0 unspecified atom stereocenters. The summed E-state index contributed by atoms with van der Waals surface area (Å²) in [7, 11) is 0. The Kier molecular flexibility index (Phi) is 2.78. The monoisotopic (exact) mass is 259 g/mol. The first kappa shape index (κ1) is 11.4. The zero-order valence-electron chi connectivity index (χ0n) is 11.2. The van der Waals surface area contributed by atoms with E-state index in [4.69, 9.17) is 9.47 Å². The van der Waals surface area contributed by atoms with Crippen LogP contribution in [-0.2, 0) is 0 Å². The molecule has 0 saturated heterocycles. The largest absolute Gasteiger partial charge is 0.490 e. The molecule has 3 aliphatic rings. The summed E-state index contributed by atoms with van der Waals surface area (Å²) in [5.41, 5.74) is 1.19. The molecule has 0 amide bonds. The summed E-state index contributed by atoms with van der Waals surface area (Å²) in [4.78, 5) is 0. The van der Waals surface area contributed by atoms with Gasteiger partial charge >= 0.3 is 0 Å². The smallest absolute Gasteiger partial charge is 0.163 e. The van der Waals surface area contributed by atoms with Crippen LogP contribution in [0.5, 0.6) is 11.5 Å². The molecule has 0 aromatic heterocycles. The van der Waals surface area contributed by atoms with Crippen LogP contribution in [0.2, 0.25) is 0 Å². The molecule has 1 aromatic carbocycles. The molecule has 2 fully saturated rings. The second kappa shape index (κ2) is 4.62. The third-order valence-electron chi connectivity index (χ3n) is 4.34. The van der Waals surface area contributed by atoms with E-state index in [1.807, 2.05) is 6.07 Å². The number of hydrogen-bond acceptors (Lipinski definition) is 3. The van der Waals surface area contributed by atoms with Crippen molar-refractivity contribution in [3.63, 3.8) is 0 Å². The number of benzene rings is 1. The van der Waals surface area contributed by atoms with Crippen LogP contribution < -0.4 is 14.8 Å². The van der Waals surface area contributed by atoms with Crippen molar-refractivity contribution in [3.8, 4) is 11.5 Å². The molecule has 3 heteroatoms. The van der Waals surface area contributed by atoms with Crippen LogP contribution in [0.15, 0.2) is 18.2 Å². The van der Waals surface area contributed by atoms with E-state index in [-0.39, 0.29) is 0 Å². The van der Waals surface area contributed by atoms with E-state index in [2.05, 4.69) is 17.4 Å². The summed E-state index contributed by atoms with van der Waals surface area (Å²) >= 11 is 0. The summed E-state index contributed by atoms with van der Waals surface area (Å²) in [5, 5.41) is 3.74. The Morgan fingerprint density at radius 1 is 0.947 bits per heavy atom. The number of fused-ring (bicyclic) bond motifs is 1. The van der Waals surface area contributed by atoms with E-state index in [9.17, 15) is 0 Å². The Balaban J connectivity index is 1.52. The highest BCUT2D eigenvalue weighted by Gasteiger charge is 2.41. The highest BCUT2D eigenvalue weighted by atomic mass is 16.5. The van der Waals surface area contributed by atoms with Crippen molar-refractivity contribution in [1.29, 1.82) is 0 Å². The van der Waals surface area contributed by atoms with Crippen molar-refractivity contribution in [2.24, 2.45) is 11.8 Å². The van der Waals surface area contributed by atoms with Gasteiger partial charge in [-0.15, -0.1) is 0 Å². The van der Waals surface area contributed by atoms with E-state index in [1.54, 1.807) is 0 Å². The van der Waals surface area contributed by atoms with Crippen molar-refractivity contribution in [2.75, 3.05) is 18.5 Å². The lowest BCUT2D eigenvalue weighted by atomic mass is 10.1. The predicted molar refractivity (Wildman–Crippen MR) is 74.9 cm³/mol.